The Labute approximate surface area is 232 Å². The fourth-order valence-corrected chi connectivity index (χ4v) is 5.56. The van der Waals surface area contributed by atoms with Crippen LogP contribution in [0.15, 0.2) is 53.5 Å². The summed E-state index contributed by atoms with van der Waals surface area (Å²) in [6.45, 7) is 8.82. The lowest BCUT2D eigenvalue weighted by atomic mass is 9.78. The molecule has 206 valence electrons. The van der Waals surface area contributed by atoms with Crippen molar-refractivity contribution >= 4 is 18.5 Å². The lowest BCUT2D eigenvalue weighted by molar-refractivity contribution is 0.00578. The molecule has 0 radical (unpaired) electrons. The normalized spacial score (nSPS) is 23.4. The number of nitriles is 1. The molecule has 0 aromatic heterocycles. The number of para-hydroxylation sites is 1. The topological polar surface area (TPSA) is 91.1 Å². The Morgan fingerprint density at radius 1 is 1.08 bits per heavy atom. The second kappa shape index (κ2) is 10.5. The van der Waals surface area contributed by atoms with E-state index >= 15 is 0 Å². The number of likely N-dealkylation sites (N-methyl/N-ethyl adjacent to an activating group) is 1. The van der Waals surface area contributed by atoms with E-state index in [4.69, 9.17) is 14.0 Å². The van der Waals surface area contributed by atoms with Gasteiger partial charge in [-0.25, -0.2) is 0 Å². The summed E-state index contributed by atoms with van der Waals surface area (Å²) in [6.07, 6.45) is 5.68. The van der Waals surface area contributed by atoms with Crippen molar-refractivity contribution in [3.63, 3.8) is 0 Å². The zero-order chi connectivity index (χ0) is 27.8. The molecule has 1 saturated heterocycles. The minimum atomic E-state index is -0.364. The molecule has 0 amide bonds. The number of guanidine groups is 1. The van der Waals surface area contributed by atoms with Crippen molar-refractivity contribution in [2.45, 2.75) is 82.2 Å². The molecular weight excluding hydrogens is 489 g/mol. The van der Waals surface area contributed by atoms with Crippen LogP contribution in [-0.2, 0) is 22.2 Å². The van der Waals surface area contributed by atoms with Crippen LogP contribution in [0.1, 0.15) is 51.7 Å². The lowest BCUT2D eigenvalue weighted by Crippen LogP contribution is -2.58. The van der Waals surface area contributed by atoms with Crippen molar-refractivity contribution in [3.8, 4) is 11.9 Å². The third-order valence-electron chi connectivity index (χ3n) is 8.73. The summed E-state index contributed by atoms with van der Waals surface area (Å²) in [4.78, 5) is 6.40. The lowest BCUT2D eigenvalue weighted by Gasteiger charge is -2.35. The first-order valence-corrected chi connectivity index (χ1v) is 13.8. The summed E-state index contributed by atoms with van der Waals surface area (Å²) in [5.41, 5.74) is 2.55. The molecule has 39 heavy (non-hydrogen) atoms. The number of hydrogen-bond acceptors (Lipinski definition) is 6. The van der Waals surface area contributed by atoms with Gasteiger partial charge in [0.25, 0.3) is 0 Å². The number of nitrogens with one attached hydrogen (secondary N) is 2. The average molecular weight is 529 g/mol. The second-order valence-corrected chi connectivity index (χ2v) is 12.3. The molecule has 5 rings (SSSR count). The number of benzene rings is 2. The van der Waals surface area contributed by atoms with Crippen molar-refractivity contribution in [3.05, 3.63) is 59.7 Å². The Kier molecular flexibility index (Phi) is 7.40. The van der Waals surface area contributed by atoms with Crippen molar-refractivity contribution in [1.29, 1.82) is 5.26 Å². The van der Waals surface area contributed by atoms with Crippen LogP contribution in [0.5, 0.6) is 5.75 Å². The van der Waals surface area contributed by atoms with E-state index in [0.717, 1.165) is 42.5 Å². The predicted octanol–water partition coefficient (Wildman–Crippen LogP) is 3.01. The molecule has 0 spiro atoms. The zero-order valence-electron chi connectivity index (χ0n) is 24.0. The van der Waals surface area contributed by atoms with E-state index in [1.54, 1.807) is 0 Å². The summed E-state index contributed by atoms with van der Waals surface area (Å²) in [5, 5.41) is 16.5. The Morgan fingerprint density at radius 3 is 2.36 bits per heavy atom. The molecule has 2 fully saturated rings. The predicted molar refractivity (Wildman–Crippen MR) is 154 cm³/mol. The molecule has 0 bridgehead atoms. The Morgan fingerprint density at radius 2 is 1.74 bits per heavy atom. The van der Waals surface area contributed by atoms with E-state index in [1.165, 1.54) is 5.56 Å². The highest BCUT2D eigenvalue weighted by molar-refractivity contribution is 6.62. The minimum Gasteiger partial charge on any atom is -0.491 e. The highest BCUT2D eigenvalue weighted by Crippen LogP contribution is 2.42. The van der Waals surface area contributed by atoms with E-state index in [1.807, 2.05) is 24.4 Å². The molecule has 2 N–H and O–H groups in total. The first-order valence-electron chi connectivity index (χ1n) is 13.8. The number of ether oxygens (including phenoxy) is 1. The summed E-state index contributed by atoms with van der Waals surface area (Å²) in [5.74, 6) is 1.45. The number of nitrogens with zero attached hydrogens (tertiary/aromatic N) is 3. The molecule has 2 aromatic carbocycles. The Hall–Kier alpha value is -3.06. The van der Waals surface area contributed by atoms with Gasteiger partial charge in [0.2, 0.25) is 12.2 Å². The second-order valence-electron chi connectivity index (χ2n) is 12.3. The third-order valence-corrected chi connectivity index (χ3v) is 8.73. The van der Waals surface area contributed by atoms with Gasteiger partial charge in [0.15, 0.2) is 0 Å². The molecule has 9 heteroatoms. The van der Waals surface area contributed by atoms with Gasteiger partial charge in [-0.05, 0) is 90.1 Å². The fourth-order valence-electron chi connectivity index (χ4n) is 5.56. The van der Waals surface area contributed by atoms with Gasteiger partial charge in [0.1, 0.15) is 12.4 Å². The van der Waals surface area contributed by atoms with Gasteiger partial charge in [-0.15, -0.1) is 4.99 Å². The van der Waals surface area contributed by atoms with Crippen LogP contribution in [0.25, 0.3) is 0 Å². The van der Waals surface area contributed by atoms with Crippen LogP contribution in [0.2, 0.25) is 0 Å². The van der Waals surface area contributed by atoms with Gasteiger partial charge < -0.3 is 29.6 Å². The van der Waals surface area contributed by atoms with E-state index in [9.17, 15) is 5.26 Å². The first-order chi connectivity index (χ1) is 18.5. The van der Waals surface area contributed by atoms with Crippen LogP contribution in [-0.4, -0.2) is 67.5 Å². The van der Waals surface area contributed by atoms with Gasteiger partial charge in [-0.2, -0.15) is 5.26 Å². The highest BCUT2D eigenvalue weighted by Gasteiger charge is 2.52. The Bertz CT molecular complexity index is 1230. The maximum atomic E-state index is 9.43. The van der Waals surface area contributed by atoms with E-state index in [2.05, 4.69) is 92.6 Å². The van der Waals surface area contributed by atoms with Crippen LogP contribution in [0, 0.1) is 11.5 Å². The Balaban J connectivity index is 1.25. The molecule has 1 unspecified atom stereocenters. The summed E-state index contributed by atoms with van der Waals surface area (Å²) in [7, 11) is 3.87. The third kappa shape index (κ3) is 5.79. The first kappa shape index (κ1) is 27.5. The number of fused-ring (bicyclic) bond motifs is 1. The van der Waals surface area contributed by atoms with Crippen LogP contribution in [0.4, 0.5) is 0 Å². The van der Waals surface area contributed by atoms with Gasteiger partial charge in [0.05, 0.1) is 22.8 Å². The van der Waals surface area contributed by atoms with Gasteiger partial charge >= 0.3 is 7.12 Å². The van der Waals surface area contributed by atoms with Crippen molar-refractivity contribution in [2.24, 2.45) is 4.99 Å². The molecule has 1 saturated carbocycles. The summed E-state index contributed by atoms with van der Waals surface area (Å²) < 4.78 is 18.4. The molecule has 2 heterocycles. The standard InChI is InChI=1S/C30H40BN5O3/c1-28(2)29(3,4)39-31(38-28)23-13-11-21(12-14-23)17-26(36(5)6)30(15-16-30)35-27(33-20-32)34-24-18-22-9-7-8-10-25(22)37-19-24/h7-14,24,26H,15-19H2,1-6H3,(H2,33,34,35)/t24-,26?/m1/s1. The molecule has 2 atom stereocenters. The summed E-state index contributed by atoms with van der Waals surface area (Å²) in [6, 6.07) is 16.9. The number of hydrogen-bond donors (Lipinski definition) is 2. The van der Waals surface area contributed by atoms with Crippen LogP contribution in [0.3, 0.4) is 0 Å². The van der Waals surface area contributed by atoms with E-state index in [0.29, 0.717) is 12.6 Å². The van der Waals surface area contributed by atoms with Crippen molar-refractivity contribution < 1.29 is 14.0 Å². The van der Waals surface area contributed by atoms with Crippen molar-refractivity contribution in [2.75, 3.05) is 20.7 Å². The minimum absolute atomic E-state index is 0.0376. The smallest absolute Gasteiger partial charge is 0.491 e. The maximum Gasteiger partial charge on any atom is 0.494 e. The number of aliphatic imine (C=N–C) groups is 1. The van der Waals surface area contributed by atoms with Crippen molar-refractivity contribution in [1.82, 2.24) is 15.5 Å². The van der Waals surface area contributed by atoms with Crippen LogP contribution < -0.4 is 20.8 Å². The van der Waals surface area contributed by atoms with E-state index < -0.39 is 0 Å². The zero-order valence-corrected chi connectivity index (χ0v) is 24.0. The molecule has 2 aromatic rings. The van der Waals surface area contributed by atoms with E-state index in [-0.39, 0.29) is 35.9 Å². The SMILES string of the molecule is CN(C)C(Cc1ccc(B2OC(C)(C)C(C)(C)O2)cc1)C1(NC(=NC#N)N[C@H]2COc3ccccc3C2)CC1. The highest BCUT2D eigenvalue weighted by atomic mass is 16.7. The largest absolute Gasteiger partial charge is 0.494 e. The maximum absolute atomic E-state index is 9.43. The van der Waals surface area contributed by atoms with Gasteiger partial charge in [-0.3, -0.25) is 0 Å². The van der Waals surface area contributed by atoms with Gasteiger partial charge in [-0.1, -0.05) is 42.5 Å². The number of rotatable bonds is 7. The molecule has 8 nitrogen and oxygen atoms in total. The van der Waals surface area contributed by atoms with Gasteiger partial charge in [0, 0.05) is 6.04 Å². The molecular formula is C30H40BN5O3. The fraction of sp³-hybridized carbons (Fsp3) is 0.533. The average Bonchev–Trinajstić information content (AvgIpc) is 3.62. The van der Waals surface area contributed by atoms with Crippen LogP contribution >= 0.6 is 0 Å². The monoisotopic (exact) mass is 529 g/mol. The molecule has 3 aliphatic rings. The summed E-state index contributed by atoms with van der Waals surface area (Å²) >= 11 is 0. The molecule has 1 aliphatic carbocycles. The quantitative estimate of drug-likeness (QED) is 0.247. The molecule has 2 aliphatic heterocycles.